The SMILES string of the molecule is COc1cn(-c2ccccc2)nc1C(=O)OCC(=O)c1ccc(N2CCCC2=O)cc1. The number of carbonyl (C=O) groups is 3. The van der Waals surface area contributed by atoms with Crippen molar-refractivity contribution in [2.24, 2.45) is 0 Å². The number of anilines is 1. The van der Waals surface area contributed by atoms with Gasteiger partial charge in [-0.3, -0.25) is 9.59 Å². The van der Waals surface area contributed by atoms with Gasteiger partial charge in [0.2, 0.25) is 11.6 Å². The predicted octanol–water partition coefficient (Wildman–Crippen LogP) is 3.05. The zero-order valence-electron chi connectivity index (χ0n) is 17.0. The molecular weight excluding hydrogens is 398 g/mol. The predicted molar refractivity (Wildman–Crippen MR) is 113 cm³/mol. The van der Waals surface area contributed by atoms with Crippen molar-refractivity contribution in [1.29, 1.82) is 0 Å². The molecule has 0 unspecified atom stereocenters. The van der Waals surface area contributed by atoms with Crippen LogP contribution in [0.2, 0.25) is 0 Å². The van der Waals surface area contributed by atoms with Crippen LogP contribution in [0.25, 0.3) is 5.69 Å². The van der Waals surface area contributed by atoms with Crippen molar-refractivity contribution in [3.63, 3.8) is 0 Å². The summed E-state index contributed by atoms with van der Waals surface area (Å²) in [5.41, 5.74) is 1.90. The smallest absolute Gasteiger partial charge is 0.363 e. The number of esters is 1. The van der Waals surface area contributed by atoms with Crippen molar-refractivity contribution in [1.82, 2.24) is 9.78 Å². The van der Waals surface area contributed by atoms with Gasteiger partial charge >= 0.3 is 5.97 Å². The number of methoxy groups -OCH3 is 1. The van der Waals surface area contributed by atoms with Gasteiger partial charge in [-0.25, -0.2) is 9.48 Å². The number of para-hydroxylation sites is 1. The van der Waals surface area contributed by atoms with E-state index >= 15 is 0 Å². The van der Waals surface area contributed by atoms with Gasteiger partial charge in [-0.2, -0.15) is 5.10 Å². The molecule has 1 aliphatic heterocycles. The second-order valence-electron chi connectivity index (χ2n) is 7.02. The lowest BCUT2D eigenvalue weighted by molar-refractivity contribution is -0.117. The molecule has 0 radical (unpaired) electrons. The lowest BCUT2D eigenvalue weighted by Crippen LogP contribution is -2.23. The Balaban J connectivity index is 1.41. The van der Waals surface area contributed by atoms with E-state index in [4.69, 9.17) is 9.47 Å². The Morgan fingerprint density at radius 1 is 1.03 bits per heavy atom. The fraction of sp³-hybridized carbons (Fsp3) is 0.217. The Hall–Kier alpha value is -3.94. The maximum Gasteiger partial charge on any atom is 0.363 e. The molecule has 0 spiro atoms. The summed E-state index contributed by atoms with van der Waals surface area (Å²) in [6.45, 7) is 0.253. The number of benzene rings is 2. The van der Waals surface area contributed by atoms with Crippen molar-refractivity contribution in [3.05, 3.63) is 72.1 Å². The highest BCUT2D eigenvalue weighted by atomic mass is 16.5. The van der Waals surface area contributed by atoms with E-state index in [1.165, 1.54) is 11.8 Å². The molecule has 2 heterocycles. The molecule has 0 saturated carbocycles. The van der Waals surface area contributed by atoms with Crippen molar-refractivity contribution < 1.29 is 23.9 Å². The number of Topliss-reactive ketones (excluding diaryl/α,β-unsaturated/α-hetero) is 1. The second kappa shape index (κ2) is 8.83. The molecule has 3 aromatic rings. The maximum atomic E-state index is 12.5. The highest BCUT2D eigenvalue weighted by molar-refractivity contribution is 6.00. The zero-order valence-corrected chi connectivity index (χ0v) is 17.0. The third-order valence-corrected chi connectivity index (χ3v) is 5.02. The van der Waals surface area contributed by atoms with Crippen LogP contribution >= 0.6 is 0 Å². The first kappa shape index (κ1) is 20.3. The minimum atomic E-state index is -0.751. The number of rotatable bonds is 7. The highest BCUT2D eigenvalue weighted by Gasteiger charge is 2.23. The lowest BCUT2D eigenvalue weighted by Gasteiger charge is -2.15. The van der Waals surface area contributed by atoms with E-state index in [2.05, 4.69) is 5.10 Å². The van der Waals surface area contributed by atoms with Gasteiger partial charge in [0.25, 0.3) is 0 Å². The molecule has 1 saturated heterocycles. The largest absolute Gasteiger partial charge is 0.493 e. The molecule has 8 nitrogen and oxygen atoms in total. The third kappa shape index (κ3) is 4.32. The highest BCUT2D eigenvalue weighted by Crippen LogP contribution is 2.22. The number of hydrogen-bond acceptors (Lipinski definition) is 6. The van der Waals surface area contributed by atoms with Crippen molar-refractivity contribution in [2.75, 3.05) is 25.2 Å². The number of carbonyl (C=O) groups excluding carboxylic acids is 3. The molecule has 1 amide bonds. The van der Waals surface area contributed by atoms with Gasteiger partial charge < -0.3 is 14.4 Å². The first-order valence-corrected chi connectivity index (χ1v) is 9.86. The molecule has 1 aliphatic rings. The molecule has 2 aromatic carbocycles. The lowest BCUT2D eigenvalue weighted by atomic mass is 10.1. The summed E-state index contributed by atoms with van der Waals surface area (Å²) in [7, 11) is 1.43. The van der Waals surface area contributed by atoms with Gasteiger partial charge in [-0.15, -0.1) is 0 Å². The van der Waals surface area contributed by atoms with Gasteiger partial charge in [0.05, 0.1) is 19.0 Å². The normalized spacial score (nSPS) is 13.3. The summed E-state index contributed by atoms with van der Waals surface area (Å²) in [6, 6.07) is 16.0. The van der Waals surface area contributed by atoms with Crippen LogP contribution in [0, 0.1) is 0 Å². The Bertz CT molecular complexity index is 1110. The van der Waals surface area contributed by atoms with Gasteiger partial charge in [-0.1, -0.05) is 18.2 Å². The minimum Gasteiger partial charge on any atom is -0.493 e. The number of nitrogens with zero attached hydrogens (tertiary/aromatic N) is 3. The fourth-order valence-corrected chi connectivity index (χ4v) is 3.39. The molecule has 8 heteroatoms. The van der Waals surface area contributed by atoms with E-state index < -0.39 is 12.6 Å². The maximum absolute atomic E-state index is 12.5. The molecular formula is C23H21N3O5. The Labute approximate surface area is 179 Å². The molecule has 0 N–H and O–H groups in total. The average Bonchev–Trinajstić information content (AvgIpc) is 3.44. The minimum absolute atomic E-state index is 0.0120. The topological polar surface area (TPSA) is 90.7 Å². The van der Waals surface area contributed by atoms with Gasteiger partial charge in [-0.05, 0) is 42.8 Å². The van der Waals surface area contributed by atoms with Crippen molar-refractivity contribution in [2.45, 2.75) is 12.8 Å². The van der Waals surface area contributed by atoms with Gasteiger partial charge in [0, 0.05) is 24.2 Å². The van der Waals surface area contributed by atoms with Gasteiger partial charge in [0.15, 0.2) is 18.1 Å². The molecule has 0 atom stereocenters. The van der Waals surface area contributed by atoms with E-state index in [0.717, 1.165) is 17.8 Å². The fourth-order valence-electron chi connectivity index (χ4n) is 3.39. The standard InChI is InChI=1S/C23H21N3O5/c1-30-20-14-26(18-6-3-2-4-7-18)24-22(20)23(29)31-15-19(27)16-9-11-17(12-10-16)25-13-5-8-21(25)28/h2-4,6-7,9-12,14H,5,8,13,15H2,1H3. The van der Waals surface area contributed by atoms with Crippen molar-refractivity contribution >= 4 is 23.3 Å². The van der Waals surface area contributed by atoms with Crippen LogP contribution in [0.4, 0.5) is 5.69 Å². The molecule has 1 fully saturated rings. The third-order valence-electron chi connectivity index (χ3n) is 5.02. The number of aromatic nitrogens is 2. The quantitative estimate of drug-likeness (QED) is 0.432. The summed E-state index contributed by atoms with van der Waals surface area (Å²) in [5.74, 6) is -0.772. The number of hydrogen-bond donors (Lipinski definition) is 0. The first-order valence-electron chi connectivity index (χ1n) is 9.86. The van der Waals surface area contributed by atoms with Crippen LogP contribution in [0.1, 0.15) is 33.7 Å². The van der Waals surface area contributed by atoms with Crippen LogP contribution < -0.4 is 9.64 Å². The van der Waals surface area contributed by atoms with Crippen molar-refractivity contribution in [3.8, 4) is 11.4 Å². The van der Waals surface area contributed by atoms with E-state index in [9.17, 15) is 14.4 Å². The summed E-state index contributed by atoms with van der Waals surface area (Å²) >= 11 is 0. The van der Waals surface area contributed by atoms with E-state index in [-0.39, 0.29) is 23.1 Å². The summed E-state index contributed by atoms with van der Waals surface area (Å²) in [6.07, 6.45) is 2.95. The summed E-state index contributed by atoms with van der Waals surface area (Å²) in [4.78, 5) is 38.5. The average molecular weight is 419 g/mol. The number of ether oxygens (including phenoxy) is 2. The Morgan fingerprint density at radius 3 is 2.42 bits per heavy atom. The van der Waals surface area contributed by atoms with E-state index in [1.54, 1.807) is 35.4 Å². The van der Waals surface area contributed by atoms with E-state index in [1.807, 2.05) is 30.3 Å². The van der Waals surface area contributed by atoms with Crippen LogP contribution in [0.3, 0.4) is 0 Å². The molecule has 1 aromatic heterocycles. The van der Waals surface area contributed by atoms with Crippen LogP contribution in [-0.2, 0) is 9.53 Å². The van der Waals surface area contributed by atoms with Crippen LogP contribution in [0.15, 0.2) is 60.8 Å². The van der Waals surface area contributed by atoms with Gasteiger partial charge in [0.1, 0.15) is 0 Å². The zero-order chi connectivity index (χ0) is 21.8. The first-order chi connectivity index (χ1) is 15.1. The molecule has 0 bridgehead atoms. The Kier molecular flexibility index (Phi) is 5.79. The Morgan fingerprint density at radius 2 is 1.77 bits per heavy atom. The molecule has 0 aliphatic carbocycles. The molecule has 158 valence electrons. The monoisotopic (exact) mass is 419 g/mol. The van der Waals surface area contributed by atoms with E-state index in [0.29, 0.717) is 18.5 Å². The molecule has 4 rings (SSSR count). The number of amides is 1. The summed E-state index contributed by atoms with van der Waals surface area (Å²) < 4.78 is 11.9. The molecule has 31 heavy (non-hydrogen) atoms. The van der Waals surface area contributed by atoms with Crippen LogP contribution in [0.5, 0.6) is 5.75 Å². The second-order valence-corrected chi connectivity index (χ2v) is 7.02. The summed E-state index contributed by atoms with van der Waals surface area (Å²) in [5, 5.41) is 4.23. The van der Waals surface area contributed by atoms with Crippen LogP contribution in [-0.4, -0.2) is 47.7 Å². The number of ketones is 1.